The van der Waals surface area contributed by atoms with Crippen LogP contribution in [0.25, 0.3) is 10.9 Å². The first-order valence-corrected chi connectivity index (χ1v) is 8.69. The Hall–Kier alpha value is -2.86. The van der Waals surface area contributed by atoms with Gasteiger partial charge in [0, 0.05) is 10.9 Å². The van der Waals surface area contributed by atoms with Crippen molar-refractivity contribution >= 4 is 34.5 Å². The molecule has 1 atom stereocenters. The van der Waals surface area contributed by atoms with Crippen LogP contribution in [0.15, 0.2) is 71.8 Å². The Balaban J connectivity index is 1.57. The van der Waals surface area contributed by atoms with E-state index in [1.807, 2.05) is 42.5 Å². The summed E-state index contributed by atoms with van der Waals surface area (Å²) in [5.74, 6) is -0.640. The number of pyridine rings is 1. The van der Waals surface area contributed by atoms with Gasteiger partial charge in [0.2, 0.25) is 0 Å². The molecule has 0 fully saturated rings. The second-order valence-electron chi connectivity index (χ2n) is 5.41. The lowest BCUT2D eigenvalue weighted by molar-refractivity contribution is -0.121. The third-order valence-electron chi connectivity index (χ3n) is 3.57. The Morgan fingerprint density at radius 1 is 0.920 bits per heavy atom. The van der Waals surface area contributed by atoms with E-state index in [9.17, 15) is 9.59 Å². The summed E-state index contributed by atoms with van der Waals surface area (Å²) < 4.78 is 0. The summed E-state index contributed by atoms with van der Waals surface area (Å²) in [6, 6.07) is 20.4. The van der Waals surface area contributed by atoms with Crippen molar-refractivity contribution in [1.29, 1.82) is 0 Å². The molecule has 0 aliphatic carbocycles. The number of nitrogens with one attached hydrogen (secondary N) is 2. The second kappa shape index (κ2) is 7.81. The standard InChI is InChI=1S/C19H17N3O2S/c1-13(18(23)21-22-19(24)15-8-3-2-4-9-15)25-17-12-11-14-7-5-6-10-16(14)20-17/h2-13H,1H3,(H,21,23)(H,22,24)/t13-/m1/s1. The molecule has 2 N–H and O–H groups in total. The van der Waals surface area contributed by atoms with Crippen molar-refractivity contribution < 1.29 is 9.59 Å². The van der Waals surface area contributed by atoms with E-state index >= 15 is 0 Å². The number of fused-ring (bicyclic) bond motifs is 1. The van der Waals surface area contributed by atoms with E-state index in [4.69, 9.17) is 0 Å². The van der Waals surface area contributed by atoms with Crippen LogP contribution in [-0.4, -0.2) is 22.0 Å². The van der Waals surface area contributed by atoms with E-state index in [1.165, 1.54) is 11.8 Å². The van der Waals surface area contributed by atoms with Gasteiger partial charge in [0.15, 0.2) is 0 Å². The molecule has 126 valence electrons. The molecule has 2 amide bonds. The van der Waals surface area contributed by atoms with Crippen LogP contribution in [0.3, 0.4) is 0 Å². The lowest BCUT2D eigenvalue weighted by Gasteiger charge is -2.12. The molecule has 25 heavy (non-hydrogen) atoms. The Labute approximate surface area is 149 Å². The number of carbonyl (C=O) groups is 2. The number of carbonyl (C=O) groups excluding carboxylic acids is 2. The fourth-order valence-corrected chi connectivity index (χ4v) is 3.06. The molecule has 0 spiro atoms. The minimum atomic E-state index is -0.398. The average Bonchev–Trinajstić information content (AvgIpc) is 2.66. The highest BCUT2D eigenvalue weighted by Gasteiger charge is 2.16. The largest absolute Gasteiger partial charge is 0.272 e. The molecule has 0 saturated carbocycles. The Morgan fingerprint density at radius 3 is 2.44 bits per heavy atom. The number of hydrazine groups is 1. The summed E-state index contributed by atoms with van der Waals surface area (Å²) in [6.45, 7) is 1.77. The smallest absolute Gasteiger partial charge is 0.269 e. The maximum atomic E-state index is 12.2. The van der Waals surface area contributed by atoms with Crippen molar-refractivity contribution in [2.75, 3.05) is 0 Å². The zero-order valence-corrected chi connectivity index (χ0v) is 14.4. The van der Waals surface area contributed by atoms with Gasteiger partial charge in [-0.05, 0) is 31.2 Å². The highest BCUT2D eigenvalue weighted by Crippen LogP contribution is 2.23. The lowest BCUT2D eigenvalue weighted by atomic mass is 10.2. The van der Waals surface area contributed by atoms with E-state index in [-0.39, 0.29) is 11.8 Å². The van der Waals surface area contributed by atoms with Gasteiger partial charge in [0.05, 0.1) is 15.8 Å². The topological polar surface area (TPSA) is 71.1 Å². The molecule has 0 saturated heterocycles. The van der Waals surface area contributed by atoms with Crippen LogP contribution >= 0.6 is 11.8 Å². The van der Waals surface area contributed by atoms with Crippen LogP contribution in [0.5, 0.6) is 0 Å². The van der Waals surface area contributed by atoms with Crippen LogP contribution < -0.4 is 10.9 Å². The van der Waals surface area contributed by atoms with E-state index < -0.39 is 5.25 Å². The molecule has 1 heterocycles. The fourth-order valence-electron chi connectivity index (χ4n) is 2.23. The summed E-state index contributed by atoms with van der Waals surface area (Å²) in [4.78, 5) is 28.6. The monoisotopic (exact) mass is 351 g/mol. The number of thioether (sulfide) groups is 1. The number of rotatable bonds is 4. The SMILES string of the molecule is C[C@@H](Sc1ccc2ccccc2n1)C(=O)NNC(=O)c1ccccc1. The number of hydrogen-bond acceptors (Lipinski definition) is 4. The number of hydrogen-bond donors (Lipinski definition) is 2. The van der Waals surface area contributed by atoms with E-state index in [1.54, 1.807) is 31.2 Å². The van der Waals surface area contributed by atoms with Crippen LogP contribution in [-0.2, 0) is 4.79 Å². The van der Waals surface area contributed by atoms with Gasteiger partial charge in [-0.3, -0.25) is 20.4 Å². The van der Waals surface area contributed by atoms with E-state index in [0.29, 0.717) is 5.56 Å². The van der Waals surface area contributed by atoms with Gasteiger partial charge in [-0.2, -0.15) is 0 Å². The van der Waals surface area contributed by atoms with Gasteiger partial charge in [-0.25, -0.2) is 4.98 Å². The third kappa shape index (κ3) is 4.36. The van der Waals surface area contributed by atoms with Crippen molar-refractivity contribution in [3.63, 3.8) is 0 Å². The zero-order valence-electron chi connectivity index (χ0n) is 13.6. The maximum absolute atomic E-state index is 12.2. The molecule has 0 bridgehead atoms. The van der Waals surface area contributed by atoms with Crippen molar-refractivity contribution in [3.8, 4) is 0 Å². The molecule has 0 unspecified atom stereocenters. The molecule has 6 heteroatoms. The number of amides is 2. The second-order valence-corrected chi connectivity index (χ2v) is 6.77. The predicted octanol–water partition coefficient (Wildman–Crippen LogP) is 3.18. The molecule has 3 aromatic rings. The quantitative estimate of drug-likeness (QED) is 0.559. The lowest BCUT2D eigenvalue weighted by Crippen LogP contribution is -2.44. The van der Waals surface area contributed by atoms with Gasteiger partial charge < -0.3 is 0 Å². The molecule has 2 aromatic carbocycles. The molecule has 0 aliphatic rings. The summed E-state index contributed by atoms with van der Waals surface area (Å²) in [6.07, 6.45) is 0. The average molecular weight is 351 g/mol. The molecule has 3 rings (SSSR count). The normalized spacial score (nSPS) is 11.7. The highest BCUT2D eigenvalue weighted by atomic mass is 32.2. The molecular weight excluding hydrogens is 334 g/mol. The van der Waals surface area contributed by atoms with Gasteiger partial charge >= 0.3 is 0 Å². The van der Waals surface area contributed by atoms with Crippen molar-refractivity contribution in [1.82, 2.24) is 15.8 Å². The Bertz CT molecular complexity index is 899. The van der Waals surface area contributed by atoms with Crippen LogP contribution in [0, 0.1) is 0 Å². The van der Waals surface area contributed by atoms with Crippen molar-refractivity contribution in [3.05, 3.63) is 72.3 Å². The summed E-state index contributed by atoms with van der Waals surface area (Å²) >= 11 is 1.34. The van der Waals surface area contributed by atoms with Crippen molar-refractivity contribution in [2.24, 2.45) is 0 Å². The molecule has 1 aromatic heterocycles. The van der Waals surface area contributed by atoms with Crippen molar-refractivity contribution in [2.45, 2.75) is 17.2 Å². The van der Waals surface area contributed by atoms with E-state index in [0.717, 1.165) is 15.9 Å². The van der Waals surface area contributed by atoms with Crippen LogP contribution in [0.4, 0.5) is 0 Å². The number of benzene rings is 2. The molecular formula is C19H17N3O2S. The first-order chi connectivity index (χ1) is 12.1. The molecule has 0 radical (unpaired) electrons. The maximum Gasteiger partial charge on any atom is 0.269 e. The first-order valence-electron chi connectivity index (χ1n) is 7.81. The molecule has 0 aliphatic heterocycles. The summed E-state index contributed by atoms with van der Waals surface area (Å²) in [7, 11) is 0. The number of para-hydroxylation sites is 1. The fraction of sp³-hybridized carbons (Fsp3) is 0.105. The summed E-state index contributed by atoms with van der Waals surface area (Å²) in [5.41, 5.74) is 6.25. The van der Waals surface area contributed by atoms with E-state index in [2.05, 4.69) is 15.8 Å². The Kier molecular flexibility index (Phi) is 5.30. The van der Waals surface area contributed by atoms with Gasteiger partial charge in [0.1, 0.15) is 0 Å². The molecule has 5 nitrogen and oxygen atoms in total. The Morgan fingerprint density at radius 2 is 1.64 bits per heavy atom. The zero-order chi connectivity index (χ0) is 17.6. The van der Waals surface area contributed by atoms with Gasteiger partial charge in [0.25, 0.3) is 11.8 Å². The van der Waals surface area contributed by atoms with Crippen LogP contribution in [0.1, 0.15) is 17.3 Å². The predicted molar refractivity (Wildman–Crippen MR) is 99.1 cm³/mol. The minimum Gasteiger partial charge on any atom is -0.272 e. The summed E-state index contributed by atoms with van der Waals surface area (Å²) in [5, 5.41) is 1.42. The first kappa shape index (κ1) is 17.0. The van der Waals surface area contributed by atoms with Crippen LogP contribution in [0.2, 0.25) is 0 Å². The highest BCUT2D eigenvalue weighted by molar-refractivity contribution is 8.00. The minimum absolute atomic E-state index is 0.288. The third-order valence-corrected chi connectivity index (χ3v) is 4.61. The van der Waals surface area contributed by atoms with Gasteiger partial charge in [-0.15, -0.1) is 0 Å². The number of nitrogens with zero attached hydrogens (tertiary/aromatic N) is 1. The number of aromatic nitrogens is 1. The van der Waals surface area contributed by atoms with Gasteiger partial charge in [-0.1, -0.05) is 54.2 Å².